The Bertz CT molecular complexity index is 1360. The van der Waals surface area contributed by atoms with Gasteiger partial charge in [-0.2, -0.15) is 0 Å². The van der Waals surface area contributed by atoms with Crippen LogP contribution in [0.25, 0.3) is 11.8 Å². The Morgan fingerprint density at radius 3 is 2.39 bits per heavy atom. The maximum atomic E-state index is 13.3. The van der Waals surface area contributed by atoms with E-state index >= 15 is 0 Å². The number of para-hydroxylation sites is 1. The number of carbonyl (C=O) groups is 2. The molecule has 2 aromatic carbocycles. The van der Waals surface area contributed by atoms with Gasteiger partial charge in [0.1, 0.15) is 5.57 Å². The molecule has 0 bridgehead atoms. The molecule has 1 saturated heterocycles. The fraction of sp³-hybridized carbons (Fsp3) is 0.0870. The molecule has 1 fully saturated rings. The second-order valence-corrected chi connectivity index (χ2v) is 8.14. The van der Waals surface area contributed by atoms with Crippen LogP contribution in [0.1, 0.15) is 17.0 Å². The van der Waals surface area contributed by atoms with E-state index < -0.39 is 16.7 Å². The Kier molecular flexibility index (Phi) is 5.84. The normalized spacial score (nSPS) is 15.2. The zero-order valence-electron chi connectivity index (χ0n) is 17.5. The van der Waals surface area contributed by atoms with Gasteiger partial charge in [-0.15, -0.1) is 0 Å². The van der Waals surface area contributed by atoms with Crippen molar-refractivity contribution in [1.29, 1.82) is 0 Å². The molecular formula is C23H17ClN4O4S. The molecule has 0 radical (unpaired) electrons. The van der Waals surface area contributed by atoms with Crippen molar-refractivity contribution in [2.45, 2.75) is 13.8 Å². The van der Waals surface area contributed by atoms with Crippen LogP contribution >= 0.6 is 23.8 Å². The summed E-state index contributed by atoms with van der Waals surface area (Å²) in [5, 5.41) is 13.8. The number of halogens is 1. The number of nitrogens with one attached hydrogen (secondary N) is 1. The summed E-state index contributed by atoms with van der Waals surface area (Å²) in [7, 11) is 0. The van der Waals surface area contributed by atoms with E-state index in [1.54, 1.807) is 36.4 Å². The largest absolute Gasteiger partial charge is 0.318 e. The van der Waals surface area contributed by atoms with Crippen LogP contribution in [0.4, 0.5) is 11.4 Å². The fourth-order valence-electron chi connectivity index (χ4n) is 3.72. The first-order chi connectivity index (χ1) is 15.7. The Morgan fingerprint density at radius 2 is 1.76 bits per heavy atom. The first-order valence-corrected chi connectivity index (χ1v) is 10.6. The maximum Gasteiger partial charge on any atom is 0.270 e. The number of thiocarbonyl (C=S) groups is 1. The molecule has 1 N–H and O–H groups in total. The molecule has 1 aliphatic heterocycles. The van der Waals surface area contributed by atoms with E-state index in [1.807, 2.05) is 24.5 Å². The van der Waals surface area contributed by atoms with Gasteiger partial charge in [0, 0.05) is 29.2 Å². The van der Waals surface area contributed by atoms with Crippen LogP contribution in [0.15, 0.2) is 60.2 Å². The number of nitro benzene ring substituents is 1. The summed E-state index contributed by atoms with van der Waals surface area (Å²) in [6.07, 6.45) is 1.51. The molecule has 1 aromatic heterocycles. The van der Waals surface area contributed by atoms with E-state index in [0.29, 0.717) is 16.3 Å². The molecule has 4 rings (SSSR count). The number of hydrogen-bond donors (Lipinski definition) is 1. The maximum absolute atomic E-state index is 13.3. The molecule has 0 atom stereocenters. The highest BCUT2D eigenvalue weighted by Gasteiger charge is 2.35. The van der Waals surface area contributed by atoms with Gasteiger partial charge in [0.2, 0.25) is 0 Å². The fourth-order valence-corrected chi connectivity index (χ4v) is 4.21. The third kappa shape index (κ3) is 4.04. The van der Waals surface area contributed by atoms with E-state index in [0.717, 1.165) is 17.1 Å². The number of hydrogen-bond acceptors (Lipinski definition) is 5. The van der Waals surface area contributed by atoms with Gasteiger partial charge in [-0.1, -0.05) is 23.7 Å². The summed E-state index contributed by atoms with van der Waals surface area (Å²) in [4.78, 5) is 37.6. The third-order valence-electron chi connectivity index (χ3n) is 5.28. The van der Waals surface area contributed by atoms with Gasteiger partial charge in [-0.25, -0.2) is 0 Å². The molecular weight excluding hydrogens is 464 g/mol. The first-order valence-electron chi connectivity index (χ1n) is 9.79. The van der Waals surface area contributed by atoms with Gasteiger partial charge in [-0.05, 0) is 68.0 Å². The lowest BCUT2D eigenvalue weighted by molar-refractivity contribution is -0.384. The van der Waals surface area contributed by atoms with Crippen molar-refractivity contribution in [1.82, 2.24) is 9.88 Å². The number of aromatic nitrogens is 1. The van der Waals surface area contributed by atoms with Crippen molar-refractivity contribution < 1.29 is 14.5 Å². The molecule has 8 nitrogen and oxygen atoms in total. The lowest BCUT2D eigenvalue weighted by Crippen LogP contribution is -2.54. The molecule has 2 heterocycles. The van der Waals surface area contributed by atoms with Crippen LogP contribution in [0, 0.1) is 24.0 Å². The number of rotatable bonds is 4. The summed E-state index contributed by atoms with van der Waals surface area (Å²) in [6.45, 7) is 3.70. The standard InChI is InChI=1S/C23H17ClN4O4S/c1-13-11-15(14(2)26(13)16-7-9-17(10-8-16)28(31)32)12-18-21(29)25-23(33)27(22(18)30)20-6-4-3-5-19(20)24/h3-12H,1-2H3,(H,25,29,33)/b18-12-. The summed E-state index contributed by atoms with van der Waals surface area (Å²) in [5.74, 6) is -1.19. The van der Waals surface area contributed by atoms with Crippen molar-refractivity contribution in [3.63, 3.8) is 0 Å². The molecule has 1 aliphatic rings. The molecule has 3 aromatic rings. The molecule has 10 heteroatoms. The van der Waals surface area contributed by atoms with Gasteiger partial charge in [0.05, 0.1) is 15.6 Å². The number of aryl methyl sites for hydroxylation is 1. The Balaban J connectivity index is 1.75. The number of benzene rings is 2. The second kappa shape index (κ2) is 8.61. The SMILES string of the molecule is Cc1cc(/C=C2/C(=O)NC(=S)N(c3ccccc3Cl)C2=O)c(C)n1-c1ccc([N+](=O)[O-])cc1. The van der Waals surface area contributed by atoms with Crippen LogP contribution in [0.3, 0.4) is 0 Å². The zero-order valence-corrected chi connectivity index (χ0v) is 19.1. The van der Waals surface area contributed by atoms with Crippen LogP contribution < -0.4 is 10.2 Å². The van der Waals surface area contributed by atoms with E-state index in [1.165, 1.54) is 23.1 Å². The monoisotopic (exact) mass is 480 g/mol. The second-order valence-electron chi connectivity index (χ2n) is 7.34. The predicted octanol–water partition coefficient (Wildman–Crippen LogP) is 4.49. The third-order valence-corrected chi connectivity index (χ3v) is 5.89. The van der Waals surface area contributed by atoms with E-state index in [4.69, 9.17) is 23.8 Å². The van der Waals surface area contributed by atoms with Crippen molar-refractivity contribution >= 4 is 58.2 Å². The van der Waals surface area contributed by atoms with E-state index in [9.17, 15) is 19.7 Å². The molecule has 33 heavy (non-hydrogen) atoms. The Hall–Kier alpha value is -3.82. The summed E-state index contributed by atoms with van der Waals surface area (Å²) in [6, 6.07) is 14.7. The number of anilines is 1. The lowest BCUT2D eigenvalue weighted by Gasteiger charge is -2.29. The highest BCUT2D eigenvalue weighted by molar-refractivity contribution is 7.80. The number of nitro groups is 1. The average Bonchev–Trinajstić information content (AvgIpc) is 3.05. The first kappa shape index (κ1) is 22.4. The number of non-ortho nitro benzene ring substituents is 1. The Labute approximate surface area is 199 Å². The highest BCUT2D eigenvalue weighted by atomic mass is 35.5. The van der Waals surface area contributed by atoms with E-state index in [2.05, 4.69) is 5.32 Å². The van der Waals surface area contributed by atoms with Crippen molar-refractivity contribution in [3.8, 4) is 5.69 Å². The lowest BCUT2D eigenvalue weighted by atomic mass is 10.1. The molecule has 0 unspecified atom stereocenters. The van der Waals surface area contributed by atoms with Crippen molar-refractivity contribution in [2.24, 2.45) is 0 Å². The molecule has 2 amide bonds. The Morgan fingerprint density at radius 1 is 1.09 bits per heavy atom. The van der Waals surface area contributed by atoms with Gasteiger partial charge >= 0.3 is 0 Å². The summed E-state index contributed by atoms with van der Waals surface area (Å²) in [5.41, 5.74) is 3.23. The quantitative estimate of drug-likeness (QED) is 0.195. The van der Waals surface area contributed by atoms with Gasteiger partial charge in [0.15, 0.2) is 5.11 Å². The van der Waals surface area contributed by atoms with Crippen LogP contribution in [-0.4, -0.2) is 26.4 Å². The minimum Gasteiger partial charge on any atom is -0.318 e. The van der Waals surface area contributed by atoms with Gasteiger partial charge in [-0.3, -0.25) is 29.9 Å². The topological polar surface area (TPSA) is 97.5 Å². The zero-order chi connectivity index (χ0) is 23.9. The number of amides is 2. The van der Waals surface area contributed by atoms with Crippen molar-refractivity contribution in [2.75, 3.05) is 4.90 Å². The predicted molar refractivity (Wildman–Crippen MR) is 130 cm³/mol. The minimum absolute atomic E-state index is 0.0105. The van der Waals surface area contributed by atoms with E-state index in [-0.39, 0.29) is 16.4 Å². The molecule has 166 valence electrons. The minimum atomic E-state index is -0.603. The van der Waals surface area contributed by atoms with Crippen LogP contribution in [0.5, 0.6) is 0 Å². The summed E-state index contributed by atoms with van der Waals surface area (Å²) < 4.78 is 1.89. The highest BCUT2D eigenvalue weighted by Crippen LogP contribution is 2.30. The molecule has 0 spiro atoms. The smallest absolute Gasteiger partial charge is 0.270 e. The average molecular weight is 481 g/mol. The van der Waals surface area contributed by atoms with Gasteiger partial charge in [0.25, 0.3) is 17.5 Å². The molecule has 0 saturated carbocycles. The number of nitrogens with zero attached hydrogens (tertiary/aromatic N) is 3. The van der Waals surface area contributed by atoms with Crippen molar-refractivity contribution in [3.05, 3.63) is 92.3 Å². The summed E-state index contributed by atoms with van der Waals surface area (Å²) >= 11 is 11.5. The van der Waals surface area contributed by atoms with Gasteiger partial charge < -0.3 is 4.57 Å². The van der Waals surface area contributed by atoms with Crippen LogP contribution in [-0.2, 0) is 9.59 Å². The molecule has 0 aliphatic carbocycles. The number of carbonyl (C=O) groups excluding carboxylic acids is 2. The van der Waals surface area contributed by atoms with Crippen LogP contribution in [0.2, 0.25) is 5.02 Å².